The van der Waals surface area contributed by atoms with Crippen molar-refractivity contribution in [1.29, 1.82) is 0 Å². The van der Waals surface area contributed by atoms with E-state index in [-0.39, 0.29) is 18.2 Å². The third kappa shape index (κ3) is 6.57. The zero-order valence-corrected chi connectivity index (χ0v) is 23.7. The average Bonchev–Trinajstić information content (AvgIpc) is 3.14. The molecule has 0 bridgehead atoms. The van der Waals surface area contributed by atoms with Gasteiger partial charge in [-0.3, -0.25) is 14.5 Å². The number of ether oxygens (including phenoxy) is 2. The Morgan fingerprint density at radius 3 is 2.42 bits per heavy atom. The van der Waals surface area contributed by atoms with E-state index in [1.807, 2.05) is 4.90 Å². The summed E-state index contributed by atoms with van der Waals surface area (Å²) >= 11 is 12.1. The first-order valence-corrected chi connectivity index (χ1v) is 13.7. The molecule has 0 aliphatic carbocycles. The number of methoxy groups -OCH3 is 2. The number of thiocarbonyl (C=S) groups is 1. The van der Waals surface area contributed by atoms with Crippen LogP contribution in [0.3, 0.4) is 0 Å². The van der Waals surface area contributed by atoms with E-state index in [0.29, 0.717) is 39.6 Å². The van der Waals surface area contributed by atoms with Crippen molar-refractivity contribution in [2.75, 3.05) is 50.6 Å². The van der Waals surface area contributed by atoms with E-state index in [4.69, 9.17) is 33.3 Å². The van der Waals surface area contributed by atoms with Gasteiger partial charge >= 0.3 is 0 Å². The Labute approximate surface area is 234 Å². The van der Waals surface area contributed by atoms with Gasteiger partial charge in [0.15, 0.2) is 5.11 Å². The van der Waals surface area contributed by atoms with Gasteiger partial charge in [-0.1, -0.05) is 18.5 Å². The van der Waals surface area contributed by atoms with Crippen LogP contribution in [-0.2, 0) is 9.59 Å². The van der Waals surface area contributed by atoms with Crippen LogP contribution in [0.25, 0.3) is 0 Å². The third-order valence-corrected chi connectivity index (χ3v) is 7.93. The quantitative estimate of drug-likeness (QED) is 0.419. The van der Waals surface area contributed by atoms with Crippen LogP contribution < -0.4 is 19.7 Å². The van der Waals surface area contributed by atoms with Crippen molar-refractivity contribution in [3.63, 3.8) is 0 Å². The average molecular weight is 559 g/mol. The van der Waals surface area contributed by atoms with E-state index in [9.17, 15) is 9.59 Å². The predicted molar refractivity (Wildman–Crippen MR) is 154 cm³/mol. The molecule has 2 aromatic rings. The van der Waals surface area contributed by atoms with Crippen LogP contribution in [0.15, 0.2) is 42.5 Å². The van der Waals surface area contributed by atoms with Gasteiger partial charge in [-0.15, -0.1) is 0 Å². The number of rotatable bonds is 10. The van der Waals surface area contributed by atoms with Crippen LogP contribution in [0.1, 0.15) is 32.6 Å². The van der Waals surface area contributed by atoms with E-state index >= 15 is 0 Å². The highest BCUT2D eigenvalue weighted by atomic mass is 35.5. The van der Waals surface area contributed by atoms with Gasteiger partial charge in [-0.2, -0.15) is 0 Å². The Morgan fingerprint density at radius 1 is 1.08 bits per heavy atom. The van der Waals surface area contributed by atoms with Gasteiger partial charge in [0.05, 0.1) is 31.4 Å². The number of anilines is 2. The van der Waals surface area contributed by atoms with Crippen molar-refractivity contribution in [1.82, 2.24) is 9.80 Å². The molecule has 2 heterocycles. The zero-order valence-electron chi connectivity index (χ0n) is 22.1. The van der Waals surface area contributed by atoms with Crippen LogP contribution >= 0.6 is 23.8 Å². The minimum absolute atomic E-state index is 0.0212. The van der Waals surface area contributed by atoms with Crippen molar-refractivity contribution in [3.05, 3.63) is 47.5 Å². The molecule has 204 valence electrons. The summed E-state index contributed by atoms with van der Waals surface area (Å²) in [7, 11) is 3.12. The van der Waals surface area contributed by atoms with Gasteiger partial charge in [-0.05, 0) is 99.5 Å². The topological polar surface area (TPSA) is 74.3 Å². The lowest BCUT2D eigenvalue weighted by atomic mass is 9.99. The first-order valence-electron chi connectivity index (χ1n) is 12.9. The van der Waals surface area contributed by atoms with E-state index in [0.717, 1.165) is 32.0 Å². The van der Waals surface area contributed by atoms with Crippen molar-refractivity contribution < 1.29 is 19.1 Å². The second-order valence-electron chi connectivity index (χ2n) is 9.84. The van der Waals surface area contributed by atoms with E-state index < -0.39 is 6.04 Å². The van der Waals surface area contributed by atoms with Crippen molar-refractivity contribution in [2.24, 2.45) is 5.92 Å². The maximum absolute atomic E-state index is 13.7. The molecule has 2 aliphatic rings. The summed E-state index contributed by atoms with van der Waals surface area (Å²) in [5.41, 5.74) is 1.19. The summed E-state index contributed by atoms with van der Waals surface area (Å²) in [4.78, 5) is 32.5. The van der Waals surface area contributed by atoms with E-state index in [1.54, 1.807) is 49.6 Å². The van der Waals surface area contributed by atoms with Gasteiger partial charge < -0.3 is 24.6 Å². The molecule has 1 N–H and O–H groups in total. The Bertz CT molecular complexity index is 1150. The highest BCUT2D eigenvalue weighted by Gasteiger charge is 2.44. The van der Waals surface area contributed by atoms with Crippen LogP contribution in [0.2, 0.25) is 5.02 Å². The minimum Gasteiger partial charge on any atom is -0.497 e. The predicted octanol–water partition coefficient (Wildman–Crippen LogP) is 4.81. The number of nitrogens with zero attached hydrogens (tertiary/aromatic N) is 3. The number of hydrogen-bond acceptors (Lipinski definition) is 6. The van der Waals surface area contributed by atoms with E-state index in [2.05, 4.69) is 17.1 Å². The molecule has 0 spiro atoms. The number of carbonyl (C=O) groups is 2. The Balaban J connectivity index is 1.49. The zero-order chi connectivity index (χ0) is 27.2. The second-order valence-corrected chi connectivity index (χ2v) is 10.6. The molecule has 0 saturated carbocycles. The molecule has 0 radical (unpaired) electrons. The van der Waals surface area contributed by atoms with E-state index in [1.165, 1.54) is 24.9 Å². The molecule has 8 nitrogen and oxygen atoms in total. The first-order chi connectivity index (χ1) is 18.3. The summed E-state index contributed by atoms with van der Waals surface area (Å²) in [6, 6.07) is 11.5. The molecule has 2 aromatic carbocycles. The highest BCUT2D eigenvalue weighted by molar-refractivity contribution is 7.80. The van der Waals surface area contributed by atoms with Crippen LogP contribution in [-0.4, -0.2) is 73.2 Å². The number of piperidine rings is 1. The largest absolute Gasteiger partial charge is 0.497 e. The fourth-order valence-electron chi connectivity index (χ4n) is 4.93. The molecule has 2 fully saturated rings. The molecule has 0 aromatic heterocycles. The summed E-state index contributed by atoms with van der Waals surface area (Å²) in [6.07, 6.45) is 3.24. The summed E-state index contributed by atoms with van der Waals surface area (Å²) in [6.45, 7) is 5.99. The maximum atomic E-state index is 13.7. The molecular formula is C28H35ClN4O4S. The molecule has 1 atom stereocenters. The monoisotopic (exact) mass is 558 g/mol. The molecule has 38 heavy (non-hydrogen) atoms. The molecule has 2 amide bonds. The van der Waals surface area contributed by atoms with Crippen LogP contribution in [0.4, 0.5) is 11.4 Å². The Hall–Kier alpha value is -2.88. The number of halogens is 1. The lowest BCUT2D eigenvalue weighted by molar-refractivity contribution is -0.124. The Morgan fingerprint density at radius 2 is 1.79 bits per heavy atom. The Kier molecular flexibility index (Phi) is 9.46. The van der Waals surface area contributed by atoms with Gasteiger partial charge in [0.25, 0.3) is 5.91 Å². The molecule has 4 rings (SSSR count). The minimum atomic E-state index is -0.706. The lowest BCUT2D eigenvalue weighted by Crippen LogP contribution is -2.40. The van der Waals surface area contributed by atoms with Gasteiger partial charge in [-0.25, -0.2) is 0 Å². The normalized spacial score (nSPS) is 18.7. The van der Waals surface area contributed by atoms with Crippen LogP contribution in [0.5, 0.6) is 11.5 Å². The maximum Gasteiger partial charge on any atom is 0.256 e. The lowest BCUT2D eigenvalue weighted by Gasteiger charge is -2.31. The standard InChI is InChI=1S/C28H35ClN4O4S/c1-19-11-15-31(16-12-19)13-4-14-32-24(18-26(34)30-20-5-8-22(36-2)9-6-20)27(35)33(28(32)38)21-7-10-25(37-3)23(29)17-21/h5-10,17,19,24H,4,11-16,18H2,1-3H3,(H,30,34). The summed E-state index contributed by atoms with van der Waals surface area (Å²) < 4.78 is 10.4. The number of nitrogens with one attached hydrogen (secondary N) is 1. The van der Waals surface area contributed by atoms with Crippen molar-refractivity contribution >= 4 is 52.1 Å². The smallest absolute Gasteiger partial charge is 0.256 e. The van der Waals surface area contributed by atoms with Gasteiger partial charge in [0.1, 0.15) is 17.5 Å². The fourth-order valence-corrected chi connectivity index (χ4v) is 5.60. The molecule has 2 aliphatic heterocycles. The van der Waals surface area contributed by atoms with Crippen molar-refractivity contribution in [2.45, 2.75) is 38.6 Å². The molecule has 1 unspecified atom stereocenters. The number of likely N-dealkylation sites (tertiary alicyclic amines) is 1. The number of amides is 2. The first kappa shape index (κ1) is 28.1. The second kappa shape index (κ2) is 12.8. The summed E-state index contributed by atoms with van der Waals surface area (Å²) in [5.74, 6) is 1.47. The molecule has 10 heteroatoms. The van der Waals surface area contributed by atoms with Crippen LogP contribution in [0, 0.1) is 5.92 Å². The number of benzene rings is 2. The molecule has 2 saturated heterocycles. The van der Waals surface area contributed by atoms with Crippen molar-refractivity contribution in [3.8, 4) is 11.5 Å². The third-order valence-electron chi connectivity index (χ3n) is 7.21. The summed E-state index contributed by atoms with van der Waals surface area (Å²) in [5, 5.41) is 3.65. The fraction of sp³-hybridized carbons (Fsp3) is 0.464. The number of carbonyl (C=O) groups excluding carboxylic acids is 2. The van der Waals surface area contributed by atoms with Gasteiger partial charge in [0.2, 0.25) is 5.91 Å². The molecular weight excluding hydrogens is 524 g/mol. The highest BCUT2D eigenvalue weighted by Crippen LogP contribution is 2.33. The number of hydrogen-bond donors (Lipinski definition) is 1. The SMILES string of the molecule is COc1ccc(NC(=O)CC2C(=O)N(c3ccc(OC)c(Cl)c3)C(=S)N2CCCN2CCC(C)CC2)cc1. The van der Waals surface area contributed by atoms with Gasteiger partial charge in [0, 0.05) is 12.2 Å².